The van der Waals surface area contributed by atoms with E-state index in [1.807, 2.05) is 0 Å². The summed E-state index contributed by atoms with van der Waals surface area (Å²) in [5.41, 5.74) is 0. The Balaban J connectivity index is 3.73. The van der Waals surface area contributed by atoms with Crippen LogP contribution in [0.15, 0.2) is 0 Å². The highest BCUT2D eigenvalue weighted by atomic mass is 32.2. The molecule has 0 bridgehead atoms. The third kappa shape index (κ3) is 3.20. The lowest BCUT2D eigenvalue weighted by molar-refractivity contribution is -0.0904. The predicted molar refractivity (Wildman–Crippen MR) is 97.5 cm³/mol. The van der Waals surface area contributed by atoms with Crippen molar-refractivity contribution in [3.8, 4) is 0 Å². The molecule has 0 aromatic rings. The summed E-state index contributed by atoms with van der Waals surface area (Å²) in [5.74, 6) is -4.17. The van der Waals surface area contributed by atoms with Crippen molar-refractivity contribution in [3.05, 3.63) is 0 Å². The fourth-order valence-corrected chi connectivity index (χ4v) is 8.00. The second kappa shape index (κ2) is 7.97. The Kier molecular flexibility index (Phi) is 7.27. The molecule has 26 heavy (non-hydrogen) atoms. The molecule has 0 amide bonds. The number of hydrogen-bond donors (Lipinski definition) is 1. The maximum Gasteiger partial charge on any atom is 0.290 e. The molecular weight excluding hydrogens is 388 g/mol. The van der Waals surface area contributed by atoms with Crippen LogP contribution in [-0.2, 0) is 20.1 Å². The van der Waals surface area contributed by atoms with Crippen molar-refractivity contribution in [2.75, 3.05) is 13.1 Å². The average molecular weight is 420 g/mol. The Morgan fingerprint density at radius 2 is 1.19 bits per heavy atom. The molecule has 6 nitrogen and oxygen atoms in total. The van der Waals surface area contributed by atoms with Crippen molar-refractivity contribution < 1.29 is 30.2 Å². The summed E-state index contributed by atoms with van der Waals surface area (Å²) in [7, 11) is -9.71. The molecule has 1 saturated heterocycles. The summed E-state index contributed by atoms with van der Waals surface area (Å²) in [4.78, 5) is 0. The van der Waals surface area contributed by atoms with Crippen LogP contribution in [0.4, 0.5) is 8.78 Å². The average Bonchev–Trinajstić information content (AvgIpc) is 2.56. The van der Waals surface area contributed by atoms with E-state index < -0.39 is 61.2 Å². The van der Waals surface area contributed by atoms with Crippen LogP contribution in [0, 0.1) is 0 Å². The second-order valence-corrected chi connectivity index (χ2v) is 10.9. The first kappa shape index (κ1) is 23.7. The van der Waals surface area contributed by atoms with Gasteiger partial charge in [0.1, 0.15) is 0 Å². The van der Waals surface area contributed by atoms with E-state index in [0.717, 1.165) is 10.7 Å². The molecule has 0 unspecified atom stereocenters. The molecule has 1 heterocycles. The minimum absolute atomic E-state index is 0.150. The summed E-state index contributed by atoms with van der Waals surface area (Å²) >= 11 is 0. The van der Waals surface area contributed by atoms with Gasteiger partial charge in [0.15, 0.2) is 9.49 Å². The van der Waals surface area contributed by atoms with Gasteiger partial charge >= 0.3 is 0 Å². The molecule has 1 aliphatic rings. The van der Waals surface area contributed by atoms with E-state index in [-0.39, 0.29) is 13.1 Å². The van der Waals surface area contributed by atoms with Crippen LogP contribution in [-0.4, -0.2) is 54.2 Å². The summed E-state index contributed by atoms with van der Waals surface area (Å²) in [6.45, 7) is 5.43. The molecule has 0 spiro atoms. The number of sulfonamides is 1. The van der Waals surface area contributed by atoms with Gasteiger partial charge in [-0.1, -0.05) is 34.1 Å². The van der Waals surface area contributed by atoms with Crippen LogP contribution >= 0.6 is 0 Å². The first-order valence-electron chi connectivity index (χ1n) is 9.19. The van der Waals surface area contributed by atoms with Crippen molar-refractivity contribution >= 4 is 20.1 Å². The minimum atomic E-state index is -5.21. The molecule has 0 aliphatic carbocycles. The molecule has 10 heteroatoms. The van der Waals surface area contributed by atoms with E-state index in [1.54, 1.807) is 0 Å². The van der Waals surface area contributed by atoms with Crippen molar-refractivity contribution in [3.63, 3.8) is 0 Å². The minimum Gasteiger partial charge on any atom is -0.285 e. The fourth-order valence-electron chi connectivity index (χ4n) is 4.21. The maximum absolute atomic E-state index is 15.9. The molecule has 1 N–H and O–H groups in total. The van der Waals surface area contributed by atoms with Crippen molar-refractivity contribution in [1.29, 1.82) is 0 Å². The molecule has 0 saturated carbocycles. The summed E-state index contributed by atoms with van der Waals surface area (Å²) in [6.07, 6.45) is -0.0937. The Morgan fingerprint density at radius 1 is 0.808 bits per heavy atom. The normalized spacial score (nSPS) is 18.9. The van der Waals surface area contributed by atoms with Gasteiger partial charge in [0.05, 0.1) is 0 Å². The van der Waals surface area contributed by atoms with Crippen molar-refractivity contribution in [2.45, 2.75) is 88.1 Å². The van der Waals surface area contributed by atoms with Gasteiger partial charge in [0.2, 0.25) is 10.0 Å². The van der Waals surface area contributed by atoms with E-state index in [2.05, 4.69) is 0 Å². The second-order valence-electron chi connectivity index (χ2n) is 6.92. The number of halogens is 2. The lowest BCUT2D eigenvalue weighted by atomic mass is 9.81. The van der Waals surface area contributed by atoms with Gasteiger partial charge in [0, 0.05) is 13.1 Å². The summed E-state index contributed by atoms with van der Waals surface area (Å²) in [5, 5.41) is 0. The van der Waals surface area contributed by atoms with Crippen molar-refractivity contribution in [1.82, 2.24) is 4.31 Å². The van der Waals surface area contributed by atoms with Crippen LogP contribution in [0.2, 0.25) is 0 Å². The van der Waals surface area contributed by atoms with E-state index in [0.29, 0.717) is 12.8 Å². The Morgan fingerprint density at radius 3 is 1.50 bits per heavy atom. The SMILES string of the molecule is CCC(CC)(C(F)(F)C(CC)(CC)S(=O)(=O)N1CCCCC1)S(=O)(=O)O. The van der Waals surface area contributed by atoms with Gasteiger partial charge in [-0.05, 0) is 38.5 Å². The molecule has 0 aromatic heterocycles. The van der Waals surface area contributed by atoms with E-state index in [1.165, 1.54) is 27.7 Å². The van der Waals surface area contributed by atoms with E-state index >= 15 is 8.78 Å². The molecule has 156 valence electrons. The summed E-state index contributed by atoms with van der Waals surface area (Å²) < 4.78 is 87.6. The van der Waals surface area contributed by atoms with E-state index in [9.17, 15) is 21.4 Å². The first-order valence-corrected chi connectivity index (χ1v) is 12.1. The van der Waals surface area contributed by atoms with Gasteiger partial charge in [-0.2, -0.15) is 8.42 Å². The number of hydrogen-bond acceptors (Lipinski definition) is 4. The van der Waals surface area contributed by atoms with Crippen LogP contribution in [0.25, 0.3) is 0 Å². The predicted octanol–water partition coefficient (Wildman–Crippen LogP) is 3.44. The highest BCUT2D eigenvalue weighted by Gasteiger charge is 2.73. The van der Waals surface area contributed by atoms with Gasteiger partial charge in [0.25, 0.3) is 16.0 Å². The Labute approximate surface area is 156 Å². The summed E-state index contributed by atoms with van der Waals surface area (Å²) in [6, 6.07) is 0. The number of rotatable bonds is 9. The quantitative estimate of drug-likeness (QED) is 0.578. The number of nitrogens with zero attached hydrogens (tertiary/aromatic N) is 1. The topological polar surface area (TPSA) is 91.8 Å². The molecular formula is C16H31F2NO5S2. The molecule has 0 aromatic carbocycles. The Bertz CT molecular complexity index is 677. The van der Waals surface area contributed by atoms with Gasteiger partial charge in [-0.3, -0.25) is 4.55 Å². The zero-order valence-corrected chi connectivity index (χ0v) is 17.6. The van der Waals surface area contributed by atoms with E-state index in [4.69, 9.17) is 0 Å². The third-order valence-corrected chi connectivity index (χ3v) is 10.8. The zero-order valence-electron chi connectivity index (χ0n) is 16.0. The van der Waals surface area contributed by atoms with Crippen LogP contribution in [0.5, 0.6) is 0 Å². The van der Waals surface area contributed by atoms with Crippen LogP contribution < -0.4 is 0 Å². The fraction of sp³-hybridized carbons (Fsp3) is 1.00. The maximum atomic E-state index is 15.9. The third-order valence-electron chi connectivity index (χ3n) is 6.07. The lowest BCUT2D eigenvalue weighted by Crippen LogP contribution is -2.69. The highest BCUT2D eigenvalue weighted by Crippen LogP contribution is 2.54. The lowest BCUT2D eigenvalue weighted by Gasteiger charge is -2.49. The monoisotopic (exact) mass is 419 g/mol. The number of piperidine rings is 1. The molecule has 0 atom stereocenters. The first-order chi connectivity index (χ1) is 11.8. The smallest absolute Gasteiger partial charge is 0.285 e. The van der Waals surface area contributed by atoms with Crippen LogP contribution in [0.1, 0.15) is 72.6 Å². The molecule has 1 aliphatic heterocycles. The van der Waals surface area contributed by atoms with Gasteiger partial charge < -0.3 is 0 Å². The largest absolute Gasteiger partial charge is 0.290 e. The van der Waals surface area contributed by atoms with Crippen LogP contribution in [0.3, 0.4) is 0 Å². The highest BCUT2D eigenvalue weighted by molar-refractivity contribution is 7.91. The van der Waals surface area contributed by atoms with Gasteiger partial charge in [-0.25, -0.2) is 21.5 Å². The van der Waals surface area contributed by atoms with Crippen molar-refractivity contribution in [2.24, 2.45) is 0 Å². The molecule has 0 radical (unpaired) electrons. The molecule has 1 fully saturated rings. The zero-order chi connectivity index (χ0) is 20.4. The Hall–Kier alpha value is -0.320. The van der Waals surface area contributed by atoms with Gasteiger partial charge in [-0.15, -0.1) is 0 Å². The molecule has 1 rings (SSSR count). The number of alkyl halides is 2. The standard InChI is InChI=1S/C16H31F2NO5S2/c1-5-14(6-2,25(20,21)19-12-10-9-11-13-19)16(17,18)15(7-3,8-4)26(22,23)24/h5-13H2,1-4H3,(H,22,23,24).